The van der Waals surface area contributed by atoms with E-state index < -0.39 is 145 Å². The number of benzene rings is 3. The number of rotatable bonds is 37. The van der Waals surface area contributed by atoms with Crippen molar-refractivity contribution in [1.29, 1.82) is 0 Å². The zero-order valence-electron chi connectivity index (χ0n) is 54.3. The summed E-state index contributed by atoms with van der Waals surface area (Å²) in [6.45, 7) is 9.39. The Morgan fingerprint density at radius 1 is 0.691 bits per heavy atom. The lowest BCUT2D eigenvalue weighted by Gasteiger charge is -2.31. The van der Waals surface area contributed by atoms with E-state index in [1.165, 1.54) is 56.0 Å². The SMILES string of the molecule is CC(=O)N[C@@H](CCCN=C(N)N)C(=O)N[C@@H](CC(C)C)C(=O)N[C@H](C(=O)N[C@@H](CCCN=C(N)N)C(=O)N[C@@H](CO[P+]([O-])(O)OC(C)c1ccccc1[N+](=O)[O-])C(=O)N[C@@H](CC(C)C)C(=O)N1CCC[C@H]1C(=O)N[C@@H](C)C(N)=O)C(=O)c1ccc2cc(N(C)C)ccc2c1. The number of aliphatic imine (C=N–C) groups is 2. The molecule has 0 aromatic heterocycles. The zero-order chi connectivity index (χ0) is 70.3. The number of hydrogen-bond acceptors (Lipinski definition) is 19. The van der Waals surface area contributed by atoms with Gasteiger partial charge in [-0.25, -0.2) is 0 Å². The number of phosphoric acid groups is 1. The molecule has 0 radical (unpaired) electrons. The average Bonchev–Trinajstić information content (AvgIpc) is 1.04. The Morgan fingerprint density at radius 2 is 1.21 bits per heavy atom. The summed E-state index contributed by atoms with van der Waals surface area (Å²) in [5.41, 5.74) is 27.6. The second-order valence-electron chi connectivity index (χ2n) is 23.8. The van der Waals surface area contributed by atoms with Crippen LogP contribution in [0.3, 0.4) is 0 Å². The molecule has 1 aliphatic heterocycles. The summed E-state index contributed by atoms with van der Waals surface area (Å²) in [6, 6.07) is 2.58. The van der Waals surface area contributed by atoms with Crippen molar-refractivity contribution in [3.8, 4) is 0 Å². The maximum Gasteiger partial charge on any atom is 0.377 e. The number of nitro benzene ring substituents is 1. The number of anilines is 1. The monoisotopic (exact) mass is 1340 g/mol. The molecule has 0 aliphatic carbocycles. The largest absolute Gasteiger partial charge is 0.606 e. The first-order chi connectivity index (χ1) is 44.1. The number of carbonyl (C=O) groups is 10. The first-order valence-corrected chi connectivity index (χ1v) is 32.0. The number of guanidine groups is 2. The molecule has 1 fully saturated rings. The number of nitrogens with zero attached hydrogens (tertiary/aromatic N) is 5. The normalized spacial score (nSPS) is 16.1. The van der Waals surface area contributed by atoms with Crippen LogP contribution >= 0.6 is 8.17 Å². The van der Waals surface area contributed by atoms with Crippen LogP contribution in [-0.2, 0) is 52.2 Å². The number of primary amides is 1. The Labute approximate surface area is 545 Å². The number of para-hydroxylation sites is 1. The molecule has 0 spiro atoms. The van der Waals surface area contributed by atoms with E-state index in [-0.39, 0.29) is 93.0 Å². The van der Waals surface area contributed by atoms with Crippen LogP contribution in [-0.4, -0.2) is 174 Å². The summed E-state index contributed by atoms with van der Waals surface area (Å²) in [6.07, 6.45) is -1.41. The summed E-state index contributed by atoms with van der Waals surface area (Å²) in [7, 11) is -1.73. The van der Waals surface area contributed by atoms with Crippen LogP contribution in [0, 0.1) is 22.0 Å². The molecule has 2 unspecified atom stereocenters. The molecule has 1 saturated heterocycles. The number of nitrogens with two attached hydrogens (primary N) is 5. The highest BCUT2D eigenvalue weighted by molar-refractivity contribution is 7.52. The third kappa shape index (κ3) is 24.4. The van der Waals surface area contributed by atoms with Crippen LogP contribution in [0.1, 0.15) is 122 Å². The number of nitrogens with one attached hydrogen (secondary N) is 7. The zero-order valence-corrected chi connectivity index (χ0v) is 55.1. The van der Waals surface area contributed by atoms with Gasteiger partial charge in [0.25, 0.3) is 11.6 Å². The van der Waals surface area contributed by atoms with Crippen molar-refractivity contribution in [2.45, 2.75) is 154 Å². The van der Waals surface area contributed by atoms with Crippen LogP contribution in [0.4, 0.5) is 11.4 Å². The number of nitro groups is 1. The first kappa shape index (κ1) is 77.3. The fourth-order valence-corrected chi connectivity index (χ4v) is 11.0. The fraction of sp³-hybridized carbons (Fsp3) is 0.533. The standard InChI is InChI=1S/C60H90N17O16P/c1-32(2)27-44(71-52(81)42(69-36(7)78)16-12-24-66-59(62)63)54(83)74-49(50(79)39-21-20-38-30-40(75(8)9)23-22-37(38)29-39)57(86)70-43(17-13-25-67-60(64)65)53(82)73-46(31-92-94(90,91)93-35(6)41-15-10-11-18-47(41)77(88)89)55(84)72-45(28-33(3)4)58(87)76-26-14-19-48(76)56(85)68-34(5)51(61)80/h10-11,15,18,20-23,29-30,32-35,42-46,48-49H,12-14,16-17,19,24-28,31H2,1-9H3,(H2,61,80)(H,68,85)(H,69,78)(H,70,86)(H,71,81)(H,72,84)(H,73,82)(H,74,83)(H,90,91)(H4,62,63,66)(H4,64,65,67)/t34-,35?,42-,43-,44-,45-,46-,48-,49-/m0/s1. The fourth-order valence-electron chi connectivity index (χ4n) is 10.1. The quantitative estimate of drug-likeness (QED) is 0.00478. The highest BCUT2D eigenvalue weighted by atomic mass is 31.2. The summed E-state index contributed by atoms with van der Waals surface area (Å²) in [5.74, 6) is -10.7. The van der Waals surface area contributed by atoms with Gasteiger partial charge in [-0.2, -0.15) is 13.9 Å². The van der Waals surface area contributed by atoms with Crippen molar-refractivity contribution >= 4 is 101 Å². The Hall–Kier alpha value is -9.17. The minimum Gasteiger partial charge on any atom is -0.606 e. The van der Waals surface area contributed by atoms with Crippen molar-refractivity contribution in [2.75, 3.05) is 45.2 Å². The van der Waals surface area contributed by atoms with Gasteiger partial charge in [0.15, 0.2) is 23.7 Å². The summed E-state index contributed by atoms with van der Waals surface area (Å²) in [5, 5.41) is 30.7. The molecule has 34 heteroatoms. The molecule has 3 aromatic rings. The van der Waals surface area contributed by atoms with E-state index in [2.05, 4.69) is 47.2 Å². The lowest BCUT2D eigenvalue weighted by molar-refractivity contribution is -0.386. The Bertz CT molecular complexity index is 3270. The van der Waals surface area contributed by atoms with Crippen molar-refractivity contribution in [1.82, 2.24) is 42.1 Å². The molecule has 1 aliphatic rings. The highest BCUT2D eigenvalue weighted by Crippen LogP contribution is 2.52. The maximum absolute atomic E-state index is 15.1. The van der Waals surface area contributed by atoms with Crippen LogP contribution in [0.5, 0.6) is 0 Å². The number of carbonyl (C=O) groups excluding carboxylic acids is 10. The molecule has 33 nitrogen and oxygen atoms in total. The third-order valence-corrected chi connectivity index (χ3v) is 15.9. The Balaban J connectivity index is 1.83. The summed E-state index contributed by atoms with van der Waals surface area (Å²) in [4.78, 5) is 188. The number of phosphoric ester groups is 1. The molecule has 10 atom stereocenters. The van der Waals surface area contributed by atoms with Crippen molar-refractivity contribution < 1.29 is 71.7 Å². The number of fused-ring (bicyclic) bond motifs is 1. The van der Waals surface area contributed by atoms with Crippen LogP contribution < -0.4 is 75.7 Å². The van der Waals surface area contributed by atoms with Crippen LogP contribution in [0.2, 0.25) is 0 Å². The number of amides is 9. The molecular weight excluding hydrogens is 1250 g/mol. The molecule has 94 heavy (non-hydrogen) atoms. The van der Waals surface area contributed by atoms with E-state index in [1.807, 2.05) is 25.1 Å². The van der Waals surface area contributed by atoms with Gasteiger partial charge in [-0.3, -0.25) is 68.0 Å². The van der Waals surface area contributed by atoms with E-state index in [9.17, 15) is 58.3 Å². The molecule has 18 N–H and O–H groups in total. The van der Waals surface area contributed by atoms with E-state index in [4.69, 9.17) is 37.7 Å². The second kappa shape index (κ2) is 36.3. The van der Waals surface area contributed by atoms with E-state index >= 15 is 9.59 Å². The van der Waals surface area contributed by atoms with Gasteiger partial charge in [0, 0.05) is 58.0 Å². The van der Waals surface area contributed by atoms with Crippen molar-refractivity contribution in [3.63, 3.8) is 0 Å². The average molecular weight is 1340 g/mol. The van der Waals surface area contributed by atoms with E-state index in [1.54, 1.807) is 45.9 Å². The second-order valence-corrected chi connectivity index (χ2v) is 25.2. The molecule has 516 valence electrons. The predicted molar refractivity (Wildman–Crippen MR) is 348 cm³/mol. The van der Waals surface area contributed by atoms with Crippen LogP contribution in [0.15, 0.2) is 70.6 Å². The van der Waals surface area contributed by atoms with Gasteiger partial charge in [-0.1, -0.05) is 58.0 Å². The summed E-state index contributed by atoms with van der Waals surface area (Å²) < 4.78 is 10.7. The van der Waals surface area contributed by atoms with Gasteiger partial charge in [-0.15, -0.1) is 0 Å². The molecule has 0 bridgehead atoms. The van der Waals surface area contributed by atoms with Crippen molar-refractivity contribution in [2.24, 2.45) is 50.5 Å². The number of Topliss-reactive ketones (excluding diaryl/α,β-unsaturated/α-hetero) is 1. The number of likely N-dealkylation sites (tertiary alicyclic amines) is 1. The van der Waals surface area contributed by atoms with Gasteiger partial charge >= 0.3 is 8.17 Å². The van der Waals surface area contributed by atoms with Gasteiger partial charge in [-0.05, 0) is 112 Å². The molecule has 9 amide bonds. The molecule has 1 heterocycles. The molecule has 3 aromatic carbocycles. The maximum atomic E-state index is 15.1. The molecular formula is C60H90N17O16P. The first-order valence-electron chi connectivity index (χ1n) is 30.5. The van der Waals surface area contributed by atoms with E-state index in [0.717, 1.165) is 11.8 Å². The van der Waals surface area contributed by atoms with Gasteiger partial charge in [0.2, 0.25) is 47.3 Å². The predicted octanol–water partition coefficient (Wildman–Crippen LogP) is -1.07. The van der Waals surface area contributed by atoms with Gasteiger partial charge < -0.3 is 80.6 Å². The van der Waals surface area contributed by atoms with E-state index in [0.29, 0.717) is 17.2 Å². The third-order valence-electron chi connectivity index (χ3n) is 14.8. The minimum atomic E-state index is -5.40. The molecule has 0 saturated carbocycles. The highest BCUT2D eigenvalue weighted by Gasteiger charge is 2.42. The van der Waals surface area contributed by atoms with Crippen molar-refractivity contribution in [3.05, 3.63) is 81.9 Å². The number of hydrogen-bond donors (Lipinski definition) is 13. The van der Waals surface area contributed by atoms with Crippen LogP contribution in [0.25, 0.3) is 10.8 Å². The molecule has 4 rings (SSSR count). The lowest BCUT2D eigenvalue weighted by Crippen LogP contribution is -2.62. The minimum absolute atomic E-state index is 0.0182. The smallest absolute Gasteiger partial charge is 0.377 e. The lowest BCUT2D eigenvalue weighted by atomic mass is 9.97. The topological polar surface area (TPSA) is 521 Å². The Kier molecular flexibility index (Phi) is 29.9. The van der Waals surface area contributed by atoms with Gasteiger partial charge in [0.1, 0.15) is 55.0 Å². The van der Waals surface area contributed by atoms with Gasteiger partial charge in [0.05, 0.1) is 10.5 Å². The Morgan fingerprint density at radius 3 is 1.78 bits per heavy atom. The number of ketones is 1. The summed E-state index contributed by atoms with van der Waals surface area (Å²) >= 11 is 0.